The van der Waals surface area contributed by atoms with Gasteiger partial charge in [-0.15, -0.1) is 0 Å². The van der Waals surface area contributed by atoms with E-state index >= 15 is 0 Å². The van der Waals surface area contributed by atoms with Crippen molar-refractivity contribution in [2.75, 3.05) is 10.0 Å². The van der Waals surface area contributed by atoms with Crippen LogP contribution in [0, 0.1) is 0 Å². The van der Waals surface area contributed by atoms with Crippen LogP contribution in [0.1, 0.15) is 43.0 Å². The summed E-state index contributed by atoms with van der Waals surface area (Å²) in [5.74, 6) is -0.526. The number of amides is 2. The molecule has 0 bridgehead atoms. The van der Waals surface area contributed by atoms with E-state index in [0.29, 0.717) is 5.69 Å². The molecule has 0 unspecified atom stereocenters. The van der Waals surface area contributed by atoms with Gasteiger partial charge in [0.05, 0.1) is 16.1 Å². The molecule has 8 heteroatoms. The van der Waals surface area contributed by atoms with E-state index in [1.165, 1.54) is 31.2 Å². The lowest BCUT2D eigenvalue weighted by molar-refractivity contribution is -0.114. The number of hydrogen-bond donors (Lipinski definition) is 3. The van der Waals surface area contributed by atoms with Crippen molar-refractivity contribution >= 4 is 33.2 Å². The van der Waals surface area contributed by atoms with Crippen molar-refractivity contribution in [3.8, 4) is 0 Å². The van der Waals surface area contributed by atoms with Gasteiger partial charge in [0.15, 0.2) is 0 Å². The van der Waals surface area contributed by atoms with Crippen molar-refractivity contribution in [3.63, 3.8) is 0 Å². The fraction of sp³-hybridized carbons (Fsp3) is 0.300. The topological polar surface area (TPSA) is 104 Å². The number of sulfonamides is 1. The maximum Gasteiger partial charge on any atom is 0.261 e. The van der Waals surface area contributed by atoms with Gasteiger partial charge in [-0.2, -0.15) is 0 Å². The van der Waals surface area contributed by atoms with E-state index in [1.807, 2.05) is 0 Å². The smallest absolute Gasteiger partial charge is 0.261 e. The zero-order valence-corrected chi connectivity index (χ0v) is 16.4. The average molecular weight is 401 g/mol. The molecule has 0 aromatic heterocycles. The lowest BCUT2D eigenvalue weighted by Crippen LogP contribution is -2.33. The van der Waals surface area contributed by atoms with E-state index in [9.17, 15) is 18.0 Å². The molecule has 1 aliphatic rings. The highest BCUT2D eigenvalue weighted by Crippen LogP contribution is 2.23. The number of carbonyl (C=O) groups excluding carboxylic acids is 2. The second-order valence-electron chi connectivity index (χ2n) is 6.81. The highest BCUT2D eigenvalue weighted by atomic mass is 32.2. The number of nitrogens with one attached hydrogen (secondary N) is 3. The van der Waals surface area contributed by atoms with Gasteiger partial charge in [0.25, 0.3) is 15.9 Å². The molecule has 0 heterocycles. The molecule has 7 nitrogen and oxygen atoms in total. The molecule has 2 amide bonds. The second-order valence-corrected chi connectivity index (χ2v) is 8.49. The predicted molar refractivity (Wildman–Crippen MR) is 108 cm³/mol. The average Bonchev–Trinajstić information content (AvgIpc) is 3.15. The van der Waals surface area contributed by atoms with Gasteiger partial charge < -0.3 is 10.6 Å². The quantitative estimate of drug-likeness (QED) is 0.692. The Balaban J connectivity index is 1.78. The lowest BCUT2D eigenvalue weighted by atomic mass is 10.1. The highest BCUT2D eigenvalue weighted by molar-refractivity contribution is 7.92. The van der Waals surface area contributed by atoms with Crippen LogP contribution in [-0.2, 0) is 14.8 Å². The maximum atomic E-state index is 12.7. The number of hydrogen-bond acceptors (Lipinski definition) is 4. The van der Waals surface area contributed by atoms with E-state index in [-0.39, 0.29) is 34.0 Å². The molecular formula is C20H23N3O4S. The van der Waals surface area contributed by atoms with Gasteiger partial charge in [-0.25, -0.2) is 8.42 Å². The Labute approximate surface area is 164 Å². The predicted octanol–water partition coefficient (Wildman–Crippen LogP) is 3.12. The van der Waals surface area contributed by atoms with Gasteiger partial charge in [-0.05, 0) is 49.2 Å². The summed E-state index contributed by atoms with van der Waals surface area (Å²) < 4.78 is 27.9. The molecule has 1 fully saturated rings. The number of benzene rings is 2. The molecule has 148 valence electrons. The number of para-hydroxylation sites is 1. The van der Waals surface area contributed by atoms with Gasteiger partial charge in [-0.1, -0.05) is 25.0 Å². The molecule has 3 rings (SSSR count). The fourth-order valence-electron chi connectivity index (χ4n) is 3.23. The highest BCUT2D eigenvalue weighted by Gasteiger charge is 2.22. The van der Waals surface area contributed by atoms with Crippen LogP contribution in [0.25, 0.3) is 0 Å². The molecule has 0 saturated heterocycles. The van der Waals surface area contributed by atoms with Crippen molar-refractivity contribution in [1.29, 1.82) is 0 Å². The Morgan fingerprint density at radius 1 is 0.964 bits per heavy atom. The van der Waals surface area contributed by atoms with Crippen LogP contribution >= 0.6 is 0 Å². The van der Waals surface area contributed by atoms with Gasteiger partial charge in [0.2, 0.25) is 5.91 Å². The molecule has 0 aliphatic heterocycles. The number of carbonyl (C=O) groups is 2. The van der Waals surface area contributed by atoms with Crippen molar-refractivity contribution in [3.05, 3.63) is 54.1 Å². The van der Waals surface area contributed by atoms with Gasteiger partial charge in [0, 0.05) is 18.7 Å². The minimum absolute atomic E-state index is 0.0348. The van der Waals surface area contributed by atoms with E-state index < -0.39 is 10.0 Å². The molecule has 0 radical (unpaired) electrons. The molecule has 1 saturated carbocycles. The summed E-state index contributed by atoms with van der Waals surface area (Å²) in [5, 5.41) is 5.56. The summed E-state index contributed by atoms with van der Waals surface area (Å²) in [6.45, 7) is 1.37. The lowest BCUT2D eigenvalue weighted by Gasteiger charge is -2.15. The first-order valence-corrected chi connectivity index (χ1v) is 10.6. The molecule has 28 heavy (non-hydrogen) atoms. The van der Waals surface area contributed by atoms with Crippen LogP contribution in [0.2, 0.25) is 0 Å². The zero-order chi connectivity index (χ0) is 20.1. The Morgan fingerprint density at radius 3 is 2.25 bits per heavy atom. The SMILES string of the molecule is CC(=O)Nc1ccc(S(=O)(=O)Nc2ccccc2C(=O)NC2CCCC2)cc1. The minimum atomic E-state index is -3.88. The van der Waals surface area contributed by atoms with Crippen LogP contribution in [0.4, 0.5) is 11.4 Å². The molecule has 3 N–H and O–H groups in total. The molecule has 2 aromatic carbocycles. The van der Waals surface area contributed by atoms with Crippen LogP contribution < -0.4 is 15.4 Å². The van der Waals surface area contributed by atoms with Crippen LogP contribution in [0.15, 0.2) is 53.4 Å². The standard InChI is InChI=1S/C20H23N3O4S/c1-14(24)21-16-10-12-17(13-11-16)28(26,27)23-19-9-5-4-8-18(19)20(25)22-15-6-2-3-7-15/h4-5,8-13,15,23H,2-3,6-7H2,1H3,(H,21,24)(H,22,25). The Hall–Kier alpha value is -2.87. The van der Waals surface area contributed by atoms with Gasteiger partial charge >= 0.3 is 0 Å². The Morgan fingerprint density at radius 2 is 1.61 bits per heavy atom. The van der Waals surface area contributed by atoms with Crippen LogP contribution in [-0.4, -0.2) is 26.3 Å². The van der Waals surface area contributed by atoms with E-state index in [4.69, 9.17) is 0 Å². The van der Waals surface area contributed by atoms with Gasteiger partial charge in [-0.3, -0.25) is 14.3 Å². The largest absolute Gasteiger partial charge is 0.349 e. The van der Waals surface area contributed by atoms with Crippen molar-refractivity contribution in [1.82, 2.24) is 5.32 Å². The van der Waals surface area contributed by atoms with Gasteiger partial charge in [0.1, 0.15) is 0 Å². The summed E-state index contributed by atoms with van der Waals surface area (Å²) in [6.07, 6.45) is 4.07. The normalized spacial score (nSPS) is 14.5. The van der Waals surface area contributed by atoms with Crippen molar-refractivity contribution in [2.24, 2.45) is 0 Å². The molecule has 2 aromatic rings. The third-order valence-corrected chi connectivity index (χ3v) is 5.97. The molecule has 0 atom stereocenters. The minimum Gasteiger partial charge on any atom is -0.349 e. The maximum absolute atomic E-state index is 12.7. The summed E-state index contributed by atoms with van der Waals surface area (Å²) >= 11 is 0. The van der Waals surface area contributed by atoms with E-state index in [2.05, 4.69) is 15.4 Å². The van der Waals surface area contributed by atoms with E-state index in [1.54, 1.807) is 24.3 Å². The first kappa shape index (κ1) is 19.9. The third-order valence-electron chi connectivity index (χ3n) is 4.59. The molecular weight excluding hydrogens is 378 g/mol. The first-order valence-electron chi connectivity index (χ1n) is 9.15. The first-order chi connectivity index (χ1) is 13.3. The summed E-state index contributed by atoms with van der Waals surface area (Å²) in [5.41, 5.74) is 1.01. The van der Waals surface area contributed by atoms with E-state index in [0.717, 1.165) is 25.7 Å². The monoisotopic (exact) mass is 401 g/mol. The van der Waals surface area contributed by atoms with Crippen molar-refractivity contribution in [2.45, 2.75) is 43.5 Å². The summed E-state index contributed by atoms with van der Waals surface area (Å²) in [4.78, 5) is 23.7. The third kappa shape index (κ3) is 4.89. The zero-order valence-electron chi connectivity index (χ0n) is 15.6. The summed E-state index contributed by atoms with van der Waals surface area (Å²) in [6, 6.07) is 12.5. The van der Waals surface area contributed by atoms with Crippen LogP contribution in [0.3, 0.4) is 0 Å². The number of anilines is 2. The van der Waals surface area contributed by atoms with Crippen LogP contribution in [0.5, 0.6) is 0 Å². The Bertz CT molecular complexity index is 965. The Kier molecular flexibility index (Phi) is 5.99. The summed E-state index contributed by atoms with van der Waals surface area (Å²) in [7, 11) is -3.88. The molecule has 0 spiro atoms. The van der Waals surface area contributed by atoms with Crippen molar-refractivity contribution < 1.29 is 18.0 Å². The number of rotatable bonds is 6. The second kappa shape index (κ2) is 8.43. The fourth-order valence-corrected chi connectivity index (χ4v) is 4.31. The molecule has 1 aliphatic carbocycles.